The molecule has 3 rings (SSSR count). The molecule has 6 heteroatoms. The van der Waals surface area contributed by atoms with Crippen LogP contribution in [0.25, 0.3) is 0 Å². The molecule has 88 valence electrons. The Kier molecular flexibility index (Phi) is 2.56. The van der Waals surface area contributed by atoms with Crippen molar-refractivity contribution in [3.8, 4) is 5.75 Å². The van der Waals surface area contributed by atoms with Gasteiger partial charge in [-0.2, -0.15) is 0 Å². The quantitative estimate of drug-likeness (QED) is 0.873. The molecule has 0 saturated carbocycles. The molecule has 5 nitrogen and oxygen atoms in total. The number of nitrogens with two attached hydrogens (primary N) is 1. The van der Waals surface area contributed by atoms with Crippen LogP contribution in [0.15, 0.2) is 24.3 Å². The van der Waals surface area contributed by atoms with E-state index in [2.05, 4.69) is 20.6 Å². The van der Waals surface area contributed by atoms with Crippen LogP contribution in [-0.4, -0.2) is 22.7 Å². The van der Waals surface area contributed by atoms with Crippen molar-refractivity contribution in [3.63, 3.8) is 0 Å². The molecule has 0 amide bonds. The molecule has 2 aromatic rings. The Labute approximate surface area is 103 Å². The van der Waals surface area contributed by atoms with Gasteiger partial charge < -0.3 is 15.4 Å². The summed E-state index contributed by atoms with van der Waals surface area (Å²) < 4.78 is 9.45. The van der Waals surface area contributed by atoms with Crippen LogP contribution in [0.1, 0.15) is 4.88 Å². The Morgan fingerprint density at radius 3 is 3.12 bits per heavy atom. The normalized spacial score (nSPS) is 14.2. The fraction of sp³-hybridized carbons (Fsp3) is 0.273. The van der Waals surface area contributed by atoms with Crippen LogP contribution in [0.4, 0.5) is 11.5 Å². The Morgan fingerprint density at radius 1 is 1.41 bits per heavy atom. The highest BCUT2D eigenvalue weighted by Gasteiger charge is 2.19. The Morgan fingerprint density at radius 2 is 2.29 bits per heavy atom. The lowest BCUT2D eigenvalue weighted by molar-refractivity contribution is 0.307. The van der Waals surface area contributed by atoms with Gasteiger partial charge in [0.15, 0.2) is 5.82 Å². The number of anilines is 2. The van der Waals surface area contributed by atoms with Crippen LogP contribution < -0.4 is 15.4 Å². The van der Waals surface area contributed by atoms with Crippen LogP contribution in [-0.2, 0) is 6.54 Å². The van der Waals surface area contributed by atoms with Gasteiger partial charge in [-0.05, 0) is 23.7 Å². The molecule has 0 radical (unpaired) electrons. The van der Waals surface area contributed by atoms with E-state index in [4.69, 9.17) is 10.5 Å². The van der Waals surface area contributed by atoms with Gasteiger partial charge in [-0.15, -0.1) is 5.10 Å². The first kappa shape index (κ1) is 10.3. The molecule has 1 aromatic carbocycles. The highest BCUT2D eigenvalue weighted by atomic mass is 32.1. The average Bonchev–Trinajstić information content (AvgIpc) is 2.76. The van der Waals surface area contributed by atoms with Crippen molar-refractivity contribution in [1.82, 2.24) is 9.59 Å². The fourth-order valence-electron chi connectivity index (χ4n) is 1.89. The molecular formula is C11H12N4OS. The predicted octanol–water partition coefficient (Wildman–Crippen LogP) is 1.52. The van der Waals surface area contributed by atoms with E-state index in [0.717, 1.165) is 29.4 Å². The number of ether oxygens (including phenoxy) is 1. The lowest BCUT2D eigenvalue weighted by atomic mass is 10.2. The van der Waals surface area contributed by atoms with E-state index in [0.29, 0.717) is 12.4 Å². The van der Waals surface area contributed by atoms with Crippen molar-refractivity contribution in [2.45, 2.75) is 6.54 Å². The fourth-order valence-corrected chi connectivity index (χ4v) is 2.47. The van der Waals surface area contributed by atoms with E-state index in [-0.39, 0.29) is 0 Å². The molecule has 0 unspecified atom stereocenters. The van der Waals surface area contributed by atoms with Crippen molar-refractivity contribution in [2.75, 3.05) is 23.8 Å². The number of hydrogen-bond acceptors (Lipinski definition) is 6. The lowest BCUT2D eigenvalue weighted by Crippen LogP contribution is -2.32. The summed E-state index contributed by atoms with van der Waals surface area (Å²) in [6.45, 7) is 2.29. The second-order valence-electron chi connectivity index (χ2n) is 3.82. The van der Waals surface area contributed by atoms with Crippen molar-refractivity contribution < 1.29 is 4.74 Å². The largest absolute Gasteiger partial charge is 0.490 e. The standard InChI is InChI=1S/C11H12N4OS/c12-11-10(17-14-13-11)7-15-5-6-16-9-4-2-1-3-8(9)15/h1-4H,5-7,12H2. The van der Waals surface area contributed by atoms with Crippen molar-refractivity contribution in [1.29, 1.82) is 0 Å². The summed E-state index contributed by atoms with van der Waals surface area (Å²) in [6.07, 6.45) is 0. The van der Waals surface area contributed by atoms with Gasteiger partial charge in [0.1, 0.15) is 12.4 Å². The SMILES string of the molecule is Nc1nnsc1CN1CCOc2ccccc21. The summed E-state index contributed by atoms with van der Waals surface area (Å²) in [6, 6.07) is 8.02. The van der Waals surface area contributed by atoms with Gasteiger partial charge in [0.05, 0.1) is 23.7 Å². The second-order valence-corrected chi connectivity index (χ2v) is 4.66. The third-order valence-electron chi connectivity index (χ3n) is 2.74. The van der Waals surface area contributed by atoms with Gasteiger partial charge in [0.25, 0.3) is 0 Å². The summed E-state index contributed by atoms with van der Waals surface area (Å²) in [5.74, 6) is 1.45. The number of para-hydroxylation sites is 2. The molecule has 0 saturated heterocycles. The number of rotatable bonds is 2. The van der Waals surface area contributed by atoms with Crippen molar-refractivity contribution >= 4 is 23.0 Å². The number of fused-ring (bicyclic) bond motifs is 1. The van der Waals surface area contributed by atoms with E-state index >= 15 is 0 Å². The van der Waals surface area contributed by atoms with Gasteiger partial charge in [0.2, 0.25) is 0 Å². The molecule has 17 heavy (non-hydrogen) atoms. The molecule has 2 N–H and O–H groups in total. The Bertz CT molecular complexity index is 528. The zero-order valence-corrected chi connectivity index (χ0v) is 9.98. The summed E-state index contributed by atoms with van der Waals surface area (Å²) in [4.78, 5) is 3.24. The molecule has 0 spiro atoms. The zero-order valence-electron chi connectivity index (χ0n) is 9.17. The van der Waals surface area contributed by atoms with Crippen LogP contribution >= 0.6 is 11.5 Å². The monoisotopic (exact) mass is 248 g/mol. The molecule has 2 heterocycles. The molecule has 0 bridgehead atoms. The molecule has 0 fully saturated rings. The van der Waals surface area contributed by atoms with Crippen LogP contribution in [0, 0.1) is 0 Å². The lowest BCUT2D eigenvalue weighted by Gasteiger charge is -2.30. The maximum Gasteiger partial charge on any atom is 0.163 e. The third kappa shape index (κ3) is 1.91. The Balaban J connectivity index is 1.88. The van der Waals surface area contributed by atoms with E-state index in [1.54, 1.807) is 0 Å². The van der Waals surface area contributed by atoms with E-state index in [1.165, 1.54) is 11.5 Å². The smallest absolute Gasteiger partial charge is 0.163 e. The third-order valence-corrected chi connectivity index (χ3v) is 3.47. The van der Waals surface area contributed by atoms with Gasteiger partial charge in [-0.1, -0.05) is 16.6 Å². The number of aromatic nitrogens is 2. The number of nitrogen functional groups attached to an aromatic ring is 1. The van der Waals surface area contributed by atoms with Crippen LogP contribution in [0.5, 0.6) is 5.75 Å². The first-order chi connectivity index (χ1) is 8.34. The molecule has 1 aromatic heterocycles. The van der Waals surface area contributed by atoms with E-state index < -0.39 is 0 Å². The topological polar surface area (TPSA) is 64.3 Å². The highest BCUT2D eigenvalue weighted by Crippen LogP contribution is 2.32. The summed E-state index contributed by atoms with van der Waals surface area (Å²) in [5, 5.41) is 3.83. The first-order valence-electron chi connectivity index (χ1n) is 5.38. The zero-order chi connectivity index (χ0) is 11.7. The van der Waals surface area contributed by atoms with E-state index in [9.17, 15) is 0 Å². The molecule has 1 aliphatic rings. The minimum Gasteiger partial charge on any atom is -0.490 e. The van der Waals surface area contributed by atoms with Crippen molar-refractivity contribution in [2.24, 2.45) is 0 Å². The number of benzene rings is 1. The van der Waals surface area contributed by atoms with E-state index in [1.807, 2.05) is 18.2 Å². The molecular weight excluding hydrogens is 236 g/mol. The maximum atomic E-state index is 5.76. The summed E-state index contributed by atoms with van der Waals surface area (Å²) in [5.41, 5.74) is 6.86. The predicted molar refractivity (Wildman–Crippen MR) is 67.3 cm³/mol. The molecule has 0 atom stereocenters. The van der Waals surface area contributed by atoms with Gasteiger partial charge in [0, 0.05) is 0 Å². The van der Waals surface area contributed by atoms with Crippen LogP contribution in [0.2, 0.25) is 0 Å². The Hall–Kier alpha value is -1.82. The number of nitrogens with zero attached hydrogens (tertiary/aromatic N) is 3. The summed E-state index contributed by atoms with van der Waals surface area (Å²) >= 11 is 1.35. The van der Waals surface area contributed by atoms with Gasteiger partial charge in [-0.25, -0.2) is 0 Å². The molecule has 0 aliphatic carbocycles. The highest BCUT2D eigenvalue weighted by molar-refractivity contribution is 7.06. The minimum absolute atomic E-state index is 0.527. The summed E-state index contributed by atoms with van der Waals surface area (Å²) in [7, 11) is 0. The van der Waals surface area contributed by atoms with Crippen LogP contribution in [0.3, 0.4) is 0 Å². The van der Waals surface area contributed by atoms with Gasteiger partial charge in [-0.3, -0.25) is 0 Å². The second kappa shape index (κ2) is 4.21. The van der Waals surface area contributed by atoms with Gasteiger partial charge >= 0.3 is 0 Å². The number of hydrogen-bond donors (Lipinski definition) is 1. The maximum absolute atomic E-state index is 5.76. The minimum atomic E-state index is 0.527. The average molecular weight is 248 g/mol. The molecule has 1 aliphatic heterocycles. The van der Waals surface area contributed by atoms with Crippen molar-refractivity contribution in [3.05, 3.63) is 29.1 Å². The first-order valence-corrected chi connectivity index (χ1v) is 6.15.